The lowest BCUT2D eigenvalue weighted by Gasteiger charge is -2.08. The van der Waals surface area contributed by atoms with E-state index in [4.69, 9.17) is 11.6 Å². The molecule has 0 amide bonds. The molecule has 86 valence electrons. The van der Waals surface area contributed by atoms with Gasteiger partial charge in [0.2, 0.25) is 0 Å². The predicted molar refractivity (Wildman–Crippen MR) is 65.8 cm³/mol. The highest BCUT2D eigenvalue weighted by molar-refractivity contribution is 6.30. The maximum Gasteiger partial charge on any atom is 0.126 e. The summed E-state index contributed by atoms with van der Waals surface area (Å²) in [6.07, 6.45) is 4.40. The number of halogens is 2. The molecule has 0 bridgehead atoms. The monoisotopic (exact) mass is 240 g/mol. The van der Waals surface area contributed by atoms with Crippen LogP contribution in [0.1, 0.15) is 25.7 Å². The van der Waals surface area contributed by atoms with Gasteiger partial charge in [-0.15, -0.1) is 0 Å². The van der Waals surface area contributed by atoms with Crippen LogP contribution < -0.4 is 5.32 Å². The van der Waals surface area contributed by atoms with E-state index in [0.29, 0.717) is 10.7 Å². The molecular formula is C12H14ClFN2. The topological polar surface area (TPSA) is 24.4 Å². The van der Waals surface area contributed by atoms with Crippen molar-refractivity contribution in [3.63, 3.8) is 0 Å². The summed E-state index contributed by atoms with van der Waals surface area (Å²) in [5.74, 6) is 0.600. The van der Waals surface area contributed by atoms with E-state index in [1.807, 2.05) is 0 Å². The summed E-state index contributed by atoms with van der Waals surface area (Å²) < 4.78 is 13.1. The van der Waals surface area contributed by atoms with Crippen molar-refractivity contribution in [2.75, 3.05) is 11.9 Å². The van der Waals surface area contributed by atoms with Crippen LogP contribution in [0.3, 0.4) is 0 Å². The Morgan fingerprint density at radius 2 is 2.06 bits per heavy atom. The van der Waals surface area contributed by atoms with E-state index in [0.717, 1.165) is 31.6 Å². The fourth-order valence-corrected chi connectivity index (χ4v) is 1.99. The predicted octanol–water partition coefficient (Wildman–Crippen LogP) is 3.86. The van der Waals surface area contributed by atoms with Crippen molar-refractivity contribution < 1.29 is 4.39 Å². The standard InChI is InChI=1S/C12H14ClFN2/c13-9-6-10(14)8-11(7-9)16-12-4-2-1-3-5-15-12/h6-8H,1-5H2,(H,15,16). The van der Waals surface area contributed by atoms with Crippen LogP contribution in [-0.4, -0.2) is 12.4 Å². The van der Waals surface area contributed by atoms with Crippen LogP contribution in [0.15, 0.2) is 23.2 Å². The zero-order chi connectivity index (χ0) is 11.4. The molecule has 16 heavy (non-hydrogen) atoms. The number of aliphatic imine (C=N–C) groups is 1. The van der Waals surface area contributed by atoms with E-state index in [9.17, 15) is 4.39 Å². The number of hydrogen-bond donors (Lipinski definition) is 1. The van der Waals surface area contributed by atoms with Crippen LogP contribution >= 0.6 is 11.6 Å². The molecule has 1 aliphatic rings. The van der Waals surface area contributed by atoms with E-state index in [-0.39, 0.29) is 5.82 Å². The normalized spacial score (nSPS) is 16.5. The Morgan fingerprint density at radius 1 is 1.19 bits per heavy atom. The number of hydrogen-bond acceptors (Lipinski definition) is 2. The summed E-state index contributed by atoms with van der Waals surface area (Å²) in [4.78, 5) is 4.42. The highest BCUT2D eigenvalue weighted by Gasteiger charge is 2.05. The first-order valence-electron chi connectivity index (χ1n) is 5.50. The van der Waals surface area contributed by atoms with Crippen LogP contribution in [0.4, 0.5) is 10.1 Å². The fraction of sp³-hybridized carbons (Fsp3) is 0.417. The lowest BCUT2D eigenvalue weighted by molar-refractivity contribution is 0.628. The Bertz CT molecular complexity index is 384. The fourth-order valence-electron chi connectivity index (χ4n) is 1.77. The van der Waals surface area contributed by atoms with Crippen LogP contribution in [0.5, 0.6) is 0 Å². The summed E-state index contributed by atoms with van der Waals surface area (Å²) in [5, 5.41) is 3.53. The first kappa shape index (κ1) is 11.4. The van der Waals surface area contributed by atoms with Gasteiger partial charge in [0.25, 0.3) is 0 Å². The Labute approximate surface area is 99.5 Å². The van der Waals surface area contributed by atoms with Gasteiger partial charge < -0.3 is 5.32 Å². The van der Waals surface area contributed by atoms with Gasteiger partial charge in [-0.05, 0) is 31.0 Å². The van der Waals surface area contributed by atoms with Gasteiger partial charge in [0, 0.05) is 23.7 Å². The SMILES string of the molecule is Fc1cc(Cl)cc(NC2=NCCCCC2)c1. The molecule has 4 heteroatoms. The highest BCUT2D eigenvalue weighted by atomic mass is 35.5. The second-order valence-corrected chi connectivity index (χ2v) is 4.36. The minimum atomic E-state index is -0.329. The second-order valence-electron chi connectivity index (χ2n) is 3.92. The van der Waals surface area contributed by atoms with Gasteiger partial charge in [0.15, 0.2) is 0 Å². The minimum Gasteiger partial charge on any atom is -0.344 e. The summed E-state index contributed by atoms with van der Waals surface area (Å²) >= 11 is 5.78. The number of amidine groups is 1. The van der Waals surface area contributed by atoms with Crippen LogP contribution in [0.25, 0.3) is 0 Å². The molecule has 2 rings (SSSR count). The third-order valence-electron chi connectivity index (χ3n) is 2.53. The summed E-state index contributed by atoms with van der Waals surface area (Å²) in [7, 11) is 0. The molecule has 1 aliphatic heterocycles. The molecule has 0 radical (unpaired) electrons. The first-order chi connectivity index (χ1) is 7.74. The molecule has 0 saturated carbocycles. The van der Waals surface area contributed by atoms with E-state index in [1.165, 1.54) is 18.6 Å². The average molecular weight is 241 g/mol. The molecule has 0 fully saturated rings. The van der Waals surface area contributed by atoms with Gasteiger partial charge in [0.1, 0.15) is 11.7 Å². The molecule has 2 nitrogen and oxygen atoms in total. The molecule has 1 aromatic carbocycles. The molecule has 1 aromatic rings. The smallest absolute Gasteiger partial charge is 0.126 e. The summed E-state index contributed by atoms with van der Waals surface area (Å²) in [6, 6.07) is 4.43. The van der Waals surface area contributed by atoms with Gasteiger partial charge in [-0.2, -0.15) is 0 Å². The molecule has 1 heterocycles. The molecule has 0 unspecified atom stereocenters. The van der Waals surface area contributed by atoms with Crippen molar-refractivity contribution in [3.8, 4) is 0 Å². The summed E-state index contributed by atoms with van der Waals surface area (Å²) in [5.41, 5.74) is 0.672. The molecule has 0 spiro atoms. The summed E-state index contributed by atoms with van der Waals surface area (Å²) in [6.45, 7) is 0.853. The van der Waals surface area contributed by atoms with Gasteiger partial charge >= 0.3 is 0 Å². The van der Waals surface area contributed by atoms with E-state index < -0.39 is 0 Å². The van der Waals surface area contributed by atoms with Crippen molar-refractivity contribution in [1.82, 2.24) is 0 Å². The highest BCUT2D eigenvalue weighted by Crippen LogP contribution is 2.19. The largest absolute Gasteiger partial charge is 0.344 e. The first-order valence-corrected chi connectivity index (χ1v) is 5.88. The molecule has 0 saturated heterocycles. The Balaban J connectivity index is 2.10. The zero-order valence-corrected chi connectivity index (χ0v) is 9.73. The number of rotatable bonds is 1. The lowest BCUT2D eigenvalue weighted by Crippen LogP contribution is -2.11. The third kappa shape index (κ3) is 3.20. The van der Waals surface area contributed by atoms with E-state index >= 15 is 0 Å². The molecule has 0 atom stereocenters. The molecule has 0 aliphatic carbocycles. The van der Waals surface area contributed by atoms with Crippen LogP contribution in [0.2, 0.25) is 5.02 Å². The van der Waals surface area contributed by atoms with Gasteiger partial charge in [-0.1, -0.05) is 18.0 Å². The van der Waals surface area contributed by atoms with Gasteiger partial charge in [0.05, 0.1) is 0 Å². The van der Waals surface area contributed by atoms with Crippen LogP contribution in [0, 0.1) is 5.82 Å². The molecule has 1 N–H and O–H groups in total. The Morgan fingerprint density at radius 3 is 2.88 bits per heavy atom. The average Bonchev–Trinajstić information content (AvgIpc) is 2.44. The molecular weight excluding hydrogens is 227 g/mol. The number of nitrogens with zero attached hydrogens (tertiary/aromatic N) is 1. The number of nitrogens with one attached hydrogen (secondary N) is 1. The van der Waals surface area contributed by atoms with Gasteiger partial charge in [-0.3, -0.25) is 4.99 Å². The van der Waals surface area contributed by atoms with Crippen molar-refractivity contribution >= 4 is 23.1 Å². The molecule has 0 aromatic heterocycles. The van der Waals surface area contributed by atoms with E-state index in [2.05, 4.69) is 10.3 Å². The maximum atomic E-state index is 13.1. The maximum absolute atomic E-state index is 13.1. The zero-order valence-electron chi connectivity index (χ0n) is 8.97. The van der Waals surface area contributed by atoms with Gasteiger partial charge in [-0.25, -0.2) is 4.39 Å². The Hall–Kier alpha value is -1.09. The minimum absolute atomic E-state index is 0.329. The van der Waals surface area contributed by atoms with E-state index in [1.54, 1.807) is 6.07 Å². The number of benzene rings is 1. The lowest BCUT2D eigenvalue weighted by atomic mass is 10.2. The Kier molecular flexibility index (Phi) is 3.78. The second kappa shape index (κ2) is 5.30. The quantitative estimate of drug-likeness (QED) is 0.792. The van der Waals surface area contributed by atoms with Crippen molar-refractivity contribution in [2.24, 2.45) is 4.99 Å². The van der Waals surface area contributed by atoms with Crippen molar-refractivity contribution in [1.29, 1.82) is 0 Å². The third-order valence-corrected chi connectivity index (χ3v) is 2.74. The van der Waals surface area contributed by atoms with Crippen LogP contribution in [-0.2, 0) is 0 Å². The van der Waals surface area contributed by atoms with Crippen molar-refractivity contribution in [2.45, 2.75) is 25.7 Å². The number of anilines is 1. The van der Waals surface area contributed by atoms with Crippen molar-refractivity contribution in [3.05, 3.63) is 29.0 Å².